The Kier molecular flexibility index (Phi) is 34.2. The number of hydrogen-bond acceptors (Lipinski definition) is 7. The summed E-state index contributed by atoms with van der Waals surface area (Å²) in [7, 11) is 0. The van der Waals surface area contributed by atoms with Crippen LogP contribution >= 0.6 is 0 Å². The van der Waals surface area contributed by atoms with E-state index in [1.807, 2.05) is 30.3 Å². The summed E-state index contributed by atoms with van der Waals surface area (Å²) in [5.74, 6) is -1.33. The summed E-state index contributed by atoms with van der Waals surface area (Å²) in [5, 5.41) is 24.2. The molecule has 1 aromatic rings. The van der Waals surface area contributed by atoms with E-state index < -0.39 is 36.8 Å². The third-order valence-electron chi connectivity index (χ3n) is 10.7. The molecular weight excluding hydrogens is 691 g/mol. The van der Waals surface area contributed by atoms with E-state index in [2.05, 4.69) is 19.2 Å². The fourth-order valence-electron chi connectivity index (χ4n) is 7.16. The molecule has 0 aliphatic heterocycles. The van der Waals surface area contributed by atoms with Gasteiger partial charge in [0, 0.05) is 6.42 Å². The van der Waals surface area contributed by atoms with Crippen molar-refractivity contribution in [2.45, 2.75) is 238 Å². The molecule has 1 amide bonds. The molecule has 0 saturated carbocycles. The lowest BCUT2D eigenvalue weighted by Crippen LogP contribution is -2.51. The first-order valence-corrected chi connectivity index (χ1v) is 22.9. The smallest absolute Gasteiger partial charge is 0.306 e. The largest absolute Gasteiger partial charge is 0.461 e. The molecule has 0 radical (unpaired) electrons. The Hall–Kier alpha value is -2.45. The molecule has 8 nitrogen and oxygen atoms in total. The van der Waals surface area contributed by atoms with Crippen LogP contribution in [0.3, 0.4) is 0 Å². The molecule has 0 spiro atoms. The van der Waals surface area contributed by atoms with E-state index in [4.69, 9.17) is 9.47 Å². The molecule has 3 N–H and O–H groups in total. The van der Waals surface area contributed by atoms with Gasteiger partial charge < -0.3 is 25.0 Å². The van der Waals surface area contributed by atoms with Gasteiger partial charge in [0.25, 0.3) is 0 Å². The number of benzene rings is 1. The van der Waals surface area contributed by atoms with Gasteiger partial charge in [0.15, 0.2) is 0 Å². The quantitative estimate of drug-likeness (QED) is 0.0450. The zero-order valence-corrected chi connectivity index (χ0v) is 35.4. The molecule has 0 unspecified atom stereocenters. The van der Waals surface area contributed by atoms with Crippen molar-refractivity contribution in [3.63, 3.8) is 0 Å². The van der Waals surface area contributed by atoms with Crippen molar-refractivity contribution in [2.24, 2.45) is 0 Å². The van der Waals surface area contributed by atoms with Crippen LogP contribution in [0.4, 0.5) is 0 Å². The van der Waals surface area contributed by atoms with E-state index in [-0.39, 0.29) is 25.4 Å². The first kappa shape index (κ1) is 50.6. The predicted molar refractivity (Wildman–Crippen MR) is 226 cm³/mol. The standard InChI is InChI=1S/C47H83NO7/c1-3-5-7-9-11-13-15-17-18-19-21-23-25-27-32-36-44(50)48-42(39-49)47(53)43(35-31-26-24-22-20-16-14-12-10-8-6-4-2)55-46(52)38-37-45(51)54-40-41-33-29-28-30-34-41/h28-30,33-34,42-43,47,49,53H,3-27,31-32,35-40H2,1-2H3,(H,48,50)/t42-,43+,47-/m0/s1. The average Bonchev–Trinajstić information content (AvgIpc) is 3.19. The molecule has 0 saturated heterocycles. The lowest BCUT2D eigenvalue weighted by molar-refractivity contribution is -0.160. The van der Waals surface area contributed by atoms with Crippen LogP contribution in [-0.4, -0.2) is 52.9 Å². The van der Waals surface area contributed by atoms with Crippen molar-refractivity contribution in [1.82, 2.24) is 5.32 Å². The molecule has 0 aliphatic rings. The van der Waals surface area contributed by atoms with Crippen molar-refractivity contribution in [2.75, 3.05) is 6.61 Å². The minimum atomic E-state index is -1.27. The Balaban J connectivity index is 2.43. The molecule has 0 heterocycles. The second-order valence-electron chi connectivity index (χ2n) is 15.9. The number of carbonyl (C=O) groups is 3. The topological polar surface area (TPSA) is 122 Å². The number of ether oxygens (including phenoxy) is 2. The highest BCUT2D eigenvalue weighted by molar-refractivity contribution is 5.78. The first-order valence-electron chi connectivity index (χ1n) is 22.9. The zero-order valence-electron chi connectivity index (χ0n) is 35.4. The molecule has 1 rings (SSSR count). The maximum atomic E-state index is 12.9. The molecule has 0 fully saturated rings. The van der Waals surface area contributed by atoms with E-state index in [0.29, 0.717) is 12.8 Å². The normalized spacial score (nSPS) is 12.9. The van der Waals surface area contributed by atoms with Crippen LogP contribution in [0.5, 0.6) is 0 Å². The highest BCUT2D eigenvalue weighted by Crippen LogP contribution is 2.19. The number of amides is 1. The van der Waals surface area contributed by atoms with E-state index in [9.17, 15) is 24.6 Å². The maximum absolute atomic E-state index is 12.9. The van der Waals surface area contributed by atoms with Crippen LogP contribution in [0.1, 0.15) is 218 Å². The van der Waals surface area contributed by atoms with E-state index in [1.165, 1.54) is 128 Å². The molecule has 318 valence electrons. The van der Waals surface area contributed by atoms with Crippen molar-refractivity contribution >= 4 is 17.8 Å². The van der Waals surface area contributed by atoms with Crippen LogP contribution in [0.2, 0.25) is 0 Å². The van der Waals surface area contributed by atoms with Gasteiger partial charge in [-0.1, -0.05) is 205 Å². The first-order chi connectivity index (χ1) is 26.9. The van der Waals surface area contributed by atoms with Gasteiger partial charge in [-0.05, 0) is 24.8 Å². The molecule has 3 atom stereocenters. The molecule has 0 bridgehead atoms. The Morgan fingerprint density at radius 3 is 1.44 bits per heavy atom. The zero-order chi connectivity index (χ0) is 40.0. The third-order valence-corrected chi connectivity index (χ3v) is 10.7. The van der Waals surface area contributed by atoms with Crippen molar-refractivity contribution in [3.8, 4) is 0 Å². The number of hydrogen-bond donors (Lipinski definition) is 3. The van der Waals surface area contributed by atoms with Crippen molar-refractivity contribution in [3.05, 3.63) is 35.9 Å². The number of rotatable bonds is 39. The molecule has 0 aromatic heterocycles. The maximum Gasteiger partial charge on any atom is 0.306 e. The summed E-state index contributed by atoms with van der Waals surface area (Å²) in [5.41, 5.74) is 0.862. The van der Waals surface area contributed by atoms with E-state index in [0.717, 1.165) is 50.5 Å². The van der Waals surface area contributed by atoms with Gasteiger partial charge in [-0.25, -0.2) is 0 Å². The number of aliphatic hydroxyl groups is 2. The molecule has 0 aliphatic carbocycles. The highest BCUT2D eigenvalue weighted by Gasteiger charge is 2.31. The minimum absolute atomic E-state index is 0.131. The number of nitrogens with one attached hydrogen (secondary N) is 1. The average molecular weight is 774 g/mol. The highest BCUT2D eigenvalue weighted by atomic mass is 16.6. The summed E-state index contributed by atoms with van der Waals surface area (Å²) in [4.78, 5) is 38.0. The monoisotopic (exact) mass is 774 g/mol. The summed E-state index contributed by atoms with van der Waals surface area (Å²) >= 11 is 0. The van der Waals surface area contributed by atoms with Crippen LogP contribution in [-0.2, 0) is 30.5 Å². The summed E-state index contributed by atoms with van der Waals surface area (Å²) in [6, 6.07) is 8.39. The van der Waals surface area contributed by atoms with Gasteiger partial charge in [0.1, 0.15) is 18.8 Å². The van der Waals surface area contributed by atoms with Crippen LogP contribution in [0.15, 0.2) is 30.3 Å². The van der Waals surface area contributed by atoms with E-state index >= 15 is 0 Å². The molecule has 1 aromatic carbocycles. The lowest BCUT2D eigenvalue weighted by Gasteiger charge is -2.29. The second-order valence-corrected chi connectivity index (χ2v) is 15.9. The summed E-state index contributed by atoms with van der Waals surface area (Å²) in [6.07, 6.45) is 31.3. The van der Waals surface area contributed by atoms with Crippen LogP contribution in [0.25, 0.3) is 0 Å². The third kappa shape index (κ3) is 30.4. The summed E-state index contributed by atoms with van der Waals surface area (Å²) in [6.45, 7) is 4.17. The summed E-state index contributed by atoms with van der Waals surface area (Å²) < 4.78 is 11.0. The van der Waals surface area contributed by atoms with Crippen LogP contribution < -0.4 is 5.32 Å². The second kappa shape index (κ2) is 37.1. The SMILES string of the molecule is CCCCCCCCCCCCCCCCCC(=O)N[C@@H](CO)[C@H](O)[C@@H](CCCCCCCCCCCCCC)OC(=O)CCC(=O)OCc1ccccc1. The number of aliphatic hydroxyl groups excluding tert-OH is 2. The minimum Gasteiger partial charge on any atom is -0.461 e. The Morgan fingerprint density at radius 2 is 0.982 bits per heavy atom. The lowest BCUT2D eigenvalue weighted by atomic mass is 9.98. The Bertz CT molecular complexity index is 1040. The molecule has 8 heteroatoms. The number of esters is 2. The van der Waals surface area contributed by atoms with E-state index in [1.54, 1.807) is 0 Å². The van der Waals surface area contributed by atoms with Gasteiger partial charge in [-0.3, -0.25) is 14.4 Å². The fraction of sp³-hybridized carbons (Fsp3) is 0.809. The van der Waals surface area contributed by atoms with Gasteiger partial charge in [0.05, 0.1) is 25.5 Å². The van der Waals surface area contributed by atoms with Crippen LogP contribution in [0, 0.1) is 0 Å². The fourth-order valence-corrected chi connectivity index (χ4v) is 7.16. The Labute approximate surface area is 336 Å². The van der Waals surface area contributed by atoms with Gasteiger partial charge in [-0.15, -0.1) is 0 Å². The van der Waals surface area contributed by atoms with Crippen molar-refractivity contribution < 1.29 is 34.1 Å². The number of carbonyl (C=O) groups excluding carboxylic acids is 3. The predicted octanol–water partition coefficient (Wildman–Crippen LogP) is 11.6. The van der Waals surface area contributed by atoms with Crippen molar-refractivity contribution in [1.29, 1.82) is 0 Å². The Morgan fingerprint density at radius 1 is 0.564 bits per heavy atom. The molecular formula is C47H83NO7. The van der Waals surface area contributed by atoms with Gasteiger partial charge in [-0.2, -0.15) is 0 Å². The molecule has 55 heavy (non-hydrogen) atoms. The van der Waals surface area contributed by atoms with Gasteiger partial charge >= 0.3 is 11.9 Å². The van der Waals surface area contributed by atoms with Gasteiger partial charge in [0.2, 0.25) is 5.91 Å². The number of unbranched alkanes of at least 4 members (excludes halogenated alkanes) is 25.